The third-order valence-corrected chi connectivity index (χ3v) is 6.54. The highest BCUT2D eigenvalue weighted by atomic mass is 32.2. The standard InChI is InChI=1S/C26H30N2O4S/c1-18-6-10-22(11-7-18)28-33(30,31)24-16-12-21(13-17-24)27-25(29)19(2)32-23-14-8-20(9-15-23)26(3,4)5/h6-17,19,28H,1-5H3,(H,27,29)/t19-/m1/s1. The van der Waals surface area contributed by atoms with Gasteiger partial charge in [-0.3, -0.25) is 9.52 Å². The Morgan fingerprint density at radius 3 is 1.94 bits per heavy atom. The molecule has 0 spiro atoms. The highest BCUT2D eigenvalue weighted by Gasteiger charge is 2.18. The first-order valence-electron chi connectivity index (χ1n) is 10.7. The Balaban J connectivity index is 1.60. The SMILES string of the molecule is Cc1ccc(NS(=O)(=O)c2ccc(NC(=O)[C@@H](C)Oc3ccc(C(C)(C)C)cc3)cc2)cc1. The maximum absolute atomic E-state index is 12.6. The van der Waals surface area contributed by atoms with Crippen molar-refractivity contribution in [2.24, 2.45) is 0 Å². The number of hydrogen-bond acceptors (Lipinski definition) is 4. The summed E-state index contributed by atoms with van der Waals surface area (Å²) in [6.07, 6.45) is -0.725. The van der Waals surface area contributed by atoms with Crippen molar-refractivity contribution in [3.05, 3.63) is 83.9 Å². The molecule has 3 rings (SSSR count). The molecule has 1 amide bonds. The van der Waals surface area contributed by atoms with Crippen LogP contribution in [0, 0.1) is 6.92 Å². The number of aryl methyl sites for hydroxylation is 1. The lowest BCUT2D eigenvalue weighted by molar-refractivity contribution is -0.122. The average Bonchev–Trinajstić information content (AvgIpc) is 2.75. The van der Waals surface area contributed by atoms with E-state index < -0.39 is 16.1 Å². The molecule has 0 aliphatic rings. The van der Waals surface area contributed by atoms with Gasteiger partial charge in [0, 0.05) is 11.4 Å². The number of ether oxygens (including phenoxy) is 1. The summed E-state index contributed by atoms with van der Waals surface area (Å²) in [6, 6.07) is 20.8. The highest BCUT2D eigenvalue weighted by molar-refractivity contribution is 7.92. The molecule has 0 saturated carbocycles. The van der Waals surface area contributed by atoms with Crippen molar-refractivity contribution in [1.29, 1.82) is 0 Å². The van der Waals surface area contributed by atoms with Crippen molar-refractivity contribution >= 4 is 27.3 Å². The van der Waals surface area contributed by atoms with Gasteiger partial charge in [0.15, 0.2) is 6.10 Å². The maximum Gasteiger partial charge on any atom is 0.265 e. The monoisotopic (exact) mass is 466 g/mol. The van der Waals surface area contributed by atoms with Crippen LogP contribution < -0.4 is 14.8 Å². The van der Waals surface area contributed by atoms with Gasteiger partial charge in [-0.05, 0) is 73.4 Å². The predicted octanol–water partition coefficient (Wildman–Crippen LogP) is 5.50. The smallest absolute Gasteiger partial charge is 0.265 e. The van der Waals surface area contributed by atoms with Crippen molar-refractivity contribution < 1.29 is 17.9 Å². The summed E-state index contributed by atoms with van der Waals surface area (Å²) in [4.78, 5) is 12.6. The van der Waals surface area contributed by atoms with Crippen LogP contribution in [-0.4, -0.2) is 20.4 Å². The molecular weight excluding hydrogens is 436 g/mol. The number of anilines is 2. The summed E-state index contributed by atoms with van der Waals surface area (Å²) >= 11 is 0. The number of rotatable bonds is 7. The summed E-state index contributed by atoms with van der Waals surface area (Å²) in [5.74, 6) is 0.276. The molecule has 0 aromatic heterocycles. The van der Waals surface area contributed by atoms with E-state index in [1.54, 1.807) is 31.2 Å². The van der Waals surface area contributed by atoms with E-state index in [9.17, 15) is 13.2 Å². The van der Waals surface area contributed by atoms with Crippen molar-refractivity contribution in [2.75, 3.05) is 10.0 Å². The Kier molecular flexibility index (Phi) is 7.12. The van der Waals surface area contributed by atoms with Crippen molar-refractivity contribution in [3.63, 3.8) is 0 Å². The molecule has 0 unspecified atom stereocenters. The molecule has 2 N–H and O–H groups in total. The fourth-order valence-corrected chi connectivity index (χ4v) is 4.15. The third kappa shape index (κ3) is 6.58. The molecule has 1 atom stereocenters. The Morgan fingerprint density at radius 2 is 1.39 bits per heavy atom. The number of carbonyl (C=O) groups is 1. The number of carbonyl (C=O) groups excluding carboxylic acids is 1. The lowest BCUT2D eigenvalue weighted by Gasteiger charge is -2.20. The molecule has 3 aromatic rings. The van der Waals surface area contributed by atoms with E-state index >= 15 is 0 Å². The van der Waals surface area contributed by atoms with E-state index in [0.29, 0.717) is 17.1 Å². The van der Waals surface area contributed by atoms with Crippen molar-refractivity contribution in [2.45, 2.75) is 51.0 Å². The van der Waals surface area contributed by atoms with Gasteiger partial charge in [-0.2, -0.15) is 0 Å². The summed E-state index contributed by atoms with van der Waals surface area (Å²) in [5.41, 5.74) is 3.22. The molecule has 6 nitrogen and oxygen atoms in total. The van der Waals surface area contributed by atoms with E-state index in [0.717, 1.165) is 5.56 Å². The fourth-order valence-electron chi connectivity index (χ4n) is 3.09. The zero-order chi connectivity index (χ0) is 24.2. The van der Waals surface area contributed by atoms with Crippen LogP contribution in [0.1, 0.15) is 38.8 Å². The molecule has 174 valence electrons. The van der Waals surface area contributed by atoms with Gasteiger partial charge in [0.2, 0.25) is 0 Å². The number of hydrogen-bond donors (Lipinski definition) is 2. The van der Waals surface area contributed by atoms with Gasteiger partial charge < -0.3 is 10.1 Å². The normalized spacial score (nSPS) is 12.6. The van der Waals surface area contributed by atoms with E-state index in [1.807, 2.05) is 43.3 Å². The molecule has 0 radical (unpaired) electrons. The quantitative estimate of drug-likeness (QED) is 0.482. The molecule has 0 aliphatic carbocycles. The van der Waals surface area contributed by atoms with Crippen molar-refractivity contribution in [1.82, 2.24) is 0 Å². The minimum atomic E-state index is -3.73. The second kappa shape index (κ2) is 9.67. The topological polar surface area (TPSA) is 84.5 Å². The minimum Gasteiger partial charge on any atom is -0.481 e. The van der Waals surface area contributed by atoms with E-state index in [-0.39, 0.29) is 16.2 Å². The van der Waals surface area contributed by atoms with Crippen molar-refractivity contribution in [3.8, 4) is 5.75 Å². The lowest BCUT2D eigenvalue weighted by atomic mass is 9.87. The Hall–Kier alpha value is -3.32. The second-order valence-electron chi connectivity index (χ2n) is 9.02. The molecule has 0 bridgehead atoms. The molecule has 0 aliphatic heterocycles. The summed E-state index contributed by atoms with van der Waals surface area (Å²) in [7, 11) is -3.73. The third-order valence-electron chi connectivity index (χ3n) is 5.14. The van der Waals surface area contributed by atoms with Crippen LogP contribution in [0.5, 0.6) is 5.75 Å². The number of nitrogens with one attached hydrogen (secondary N) is 2. The first-order valence-corrected chi connectivity index (χ1v) is 12.2. The Labute approximate surface area is 196 Å². The van der Waals surface area contributed by atoms with Crippen LogP contribution in [0.4, 0.5) is 11.4 Å². The van der Waals surface area contributed by atoms with Crippen LogP contribution in [0.15, 0.2) is 77.7 Å². The van der Waals surface area contributed by atoms with Crippen LogP contribution in [0.2, 0.25) is 0 Å². The molecule has 7 heteroatoms. The van der Waals surface area contributed by atoms with Crippen LogP contribution in [0.25, 0.3) is 0 Å². The zero-order valence-electron chi connectivity index (χ0n) is 19.5. The van der Waals surface area contributed by atoms with Gasteiger partial charge >= 0.3 is 0 Å². The molecule has 0 heterocycles. The first kappa shape index (κ1) is 24.3. The summed E-state index contributed by atoms with van der Waals surface area (Å²) in [5, 5.41) is 2.75. The largest absolute Gasteiger partial charge is 0.481 e. The van der Waals surface area contributed by atoms with Gasteiger partial charge in [0.05, 0.1) is 4.90 Å². The first-order chi connectivity index (χ1) is 15.4. The molecule has 33 heavy (non-hydrogen) atoms. The second-order valence-corrected chi connectivity index (χ2v) is 10.7. The van der Waals surface area contributed by atoms with Gasteiger partial charge in [0.1, 0.15) is 5.75 Å². The average molecular weight is 467 g/mol. The van der Waals surface area contributed by atoms with Gasteiger partial charge in [-0.25, -0.2) is 8.42 Å². The Bertz CT molecular complexity index is 1200. The van der Waals surface area contributed by atoms with Gasteiger partial charge in [-0.15, -0.1) is 0 Å². The molecule has 3 aromatic carbocycles. The van der Waals surface area contributed by atoms with E-state index in [1.165, 1.54) is 17.7 Å². The number of benzene rings is 3. The highest BCUT2D eigenvalue weighted by Crippen LogP contribution is 2.25. The number of sulfonamides is 1. The molecular formula is C26H30N2O4S. The summed E-state index contributed by atoms with van der Waals surface area (Å²) in [6.45, 7) is 9.99. The zero-order valence-corrected chi connectivity index (χ0v) is 20.4. The Morgan fingerprint density at radius 1 is 0.848 bits per heavy atom. The van der Waals surface area contributed by atoms with E-state index in [2.05, 4.69) is 30.8 Å². The molecule has 0 fully saturated rings. The van der Waals surface area contributed by atoms with Gasteiger partial charge in [0.25, 0.3) is 15.9 Å². The molecule has 0 saturated heterocycles. The van der Waals surface area contributed by atoms with Crippen LogP contribution in [-0.2, 0) is 20.2 Å². The fraction of sp³-hybridized carbons (Fsp3) is 0.269. The van der Waals surface area contributed by atoms with Crippen LogP contribution >= 0.6 is 0 Å². The van der Waals surface area contributed by atoms with Crippen LogP contribution in [0.3, 0.4) is 0 Å². The number of amides is 1. The predicted molar refractivity (Wildman–Crippen MR) is 132 cm³/mol. The summed E-state index contributed by atoms with van der Waals surface area (Å²) < 4.78 is 33.5. The van der Waals surface area contributed by atoms with E-state index in [4.69, 9.17) is 4.74 Å². The minimum absolute atomic E-state index is 0.0385. The maximum atomic E-state index is 12.6. The van der Waals surface area contributed by atoms with Gasteiger partial charge in [-0.1, -0.05) is 50.6 Å². The lowest BCUT2D eigenvalue weighted by Crippen LogP contribution is -2.30.